The van der Waals surface area contributed by atoms with Gasteiger partial charge in [0.25, 0.3) is 0 Å². The molecule has 0 radical (unpaired) electrons. The fourth-order valence-corrected chi connectivity index (χ4v) is 3.05. The summed E-state index contributed by atoms with van der Waals surface area (Å²) in [6, 6.07) is 17.3. The van der Waals surface area contributed by atoms with Crippen molar-refractivity contribution in [1.29, 1.82) is 0 Å². The first-order valence-corrected chi connectivity index (χ1v) is 8.20. The summed E-state index contributed by atoms with van der Waals surface area (Å²) in [6.07, 6.45) is 3.85. The van der Waals surface area contributed by atoms with Crippen LogP contribution in [0, 0.1) is 0 Å². The van der Waals surface area contributed by atoms with E-state index in [4.69, 9.17) is 5.73 Å². The van der Waals surface area contributed by atoms with Crippen LogP contribution in [-0.4, -0.2) is 19.0 Å². The average molecular weight is 309 g/mol. The van der Waals surface area contributed by atoms with Crippen LogP contribution < -0.4 is 16.0 Å². The van der Waals surface area contributed by atoms with Crippen molar-refractivity contribution in [2.24, 2.45) is 5.73 Å². The van der Waals surface area contributed by atoms with E-state index in [1.165, 1.54) is 24.9 Å². The maximum atomic E-state index is 11.8. The predicted molar refractivity (Wildman–Crippen MR) is 94.5 cm³/mol. The van der Waals surface area contributed by atoms with E-state index in [0.717, 1.165) is 24.3 Å². The molecular formula is C19H23N3O. The normalized spacial score (nSPS) is 15.9. The molecule has 23 heavy (non-hydrogen) atoms. The number of carbonyl (C=O) groups is 1. The van der Waals surface area contributed by atoms with Crippen LogP contribution in [0.1, 0.15) is 30.9 Å². The van der Waals surface area contributed by atoms with Gasteiger partial charge in [0.15, 0.2) is 0 Å². The molecule has 0 unspecified atom stereocenters. The van der Waals surface area contributed by atoms with E-state index >= 15 is 0 Å². The third kappa shape index (κ3) is 3.83. The third-order valence-electron chi connectivity index (χ3n) is 4.32. The lowest BCUT2D eigenvalue weighted by Gasteiger charge is -2.29. The van der Waals surface area contributed by atoms with E-state index in [1.54, 1.807) is 0 Å². The molecule has 1 amide bonds. The minimum atomic E-state index is -0.517. The van der Waals surface area contributed by atoms with Crippen molar-refractivity contribution in [3.8, 4) is 0 Å². The van der Waals surface area contributed by atoms with Crippen molar-refractivity contribution in [1.82, 2.24) is 0 Å². The van der Waals surface area contributed by atoms with Gasteiger partial charge in [0, 0.05) is 24.5 Å². The minimum Gasteiger partial charge on any atom is -0.372 e. The van der Waals surface area contributed by atoms with E-state index in [0.29, 0.717) is 0 Å². The van der Waals surface area contributed by atoms with Crippen LogP contribution in [-0.2, 0) is 4.79 Å². The molecule has 4 heteroatoms. The Hall–Kier alpha value is -2.49. The van der Waals surface area contributed by atoms with E-state index in [-0.39, 0.29) is 5.91 Å². The second-order valence-electron chi connectivity index (χ2n) is 5.98. The predicted octanol–water partition coefficient (Wildman–Crippen LogP) is 3.32. The number of anilines is 2. The Morgan fingerprint density at radius 1 is 0.957 bits per heavy atom. The summed E-state index contributed by atoms with van der Waals surface area (Å²) in [6.45, 7) is 2.25. The summed E-state index contributed by atoms with van der Waals surface area (Å²) < 4.78 is 0. The molecule has 1 heterocycles. The molecule has 1 aliphatic rings. The van der Waals surface area contributed by atoms with Gasteiger partial charge >= 0.3 is 0 Å². The molecule has 1 saturated heterocycles. The quantitative estimate of drug-likeness (QED) is 0.891. The first kappa shape index (κ1) is 15.4. The van der Waals surface area contributed by atoms with Crippen molar-refractivity contribution in [3.05, 3.63) is 60.2 Å². The first-order valence-electron chi connectivity index (χ1n) is 8.20. The van der Waals surface area contributed by atoms with Crippen LogP contribution in [0.25, 0.3) is 0 Å². The fraction of sp³-hybridized carbons (Fsp3) is 0.316. The lowest BCUT2D eigenvalue weighted by molar-refractivity contribution is -0.118. The Bertz CT molecular complexity index is 633. The van der Waals surface area contributed by atoms with Crippen LogP contribution in [0.5, 0.6) is 0 Å². The fourth-order valence-electron chi connectivity index (χ4n) is 3.05. The van der Waals surface area contributed by atoms with Crippen molar-refractivity contribution < 1.29 is 4.79 Å². The molecule has 3 rings (SSSR count). The molecule has 0 aliphatic carbocycles. The molecule has 120 valence electrons. The second-order valence-corrected chi connectivity index (χ2v) is 5.98. The molecule has 0 spiro atoms. The second kappa shape index (κ2) is 7.18. The van der Waals surface area contributed by atoms with E-state index in [2.05, 4.69) is 22.3 Å². The van der Waals surface area contributed by atoms with Gasteiger partial charge in [0.05, 0.1) is 0 Å². The van der Waals surface area contributed by atoms with Crippen LogP contribution in [0.4, 0.5) is 11.4 Å². The van der Waals surface area contributed by atoms with Gasteiger partial charge in [-0.2, -0.15) is 0 Å². The highest BCUT2D eigenvalue weighted by Crippen LogP contribution is 2.24. The van der Waals surface area contributed by atoms with Crippen molar-refractivity contribution in [3.63, 3.8) is 0 Å². The monoisotopic (exact) mass is 309 g/mol. The zero-order chi connectivity index (χ0) is 16.1. The number of hydrogen-bond donors (Lipinski definition) is 2. The van der Waals surface area contributed by atoms with Gasteiger partial charge in [-0.25, -0.2) is 0 Å². The number of amides is 1. The van der Waals surface area contributed by atoms with E-state index < -0.39 is 6.04 Å². The maximum Gasteiger partial charge on any atom is 0.244 e. The maximum absolute atomic E-state index is 11.8. The van der Waals surface area contributed by atoms with E-state index in [9.17, 15) is 4.79 Å². The Labute approximate surface area is 137 Å². The number of piperidine rings is 1. The average Bonchev–Trinajstić information content (AvgIpc) is 2.61. The van der Waals surface area contributed by atoms with Crippen molar-refractivity contribution >= 4 is 17.3 Å². The van der Waals surface area contributed by atoms with Crippen LogP contribution >= 0.6 is 0 Å². The smallest absolute Gasteiger partial charge is 0.244 e. The molecule has 0 saturated carbocycles. The third-order valence-corrected chi connectivity index (χ3v) is 4.32. The minimum absolute atomic E-state index is 0.378. The highest BCUT2D eigenvalue weighted by molar-refractivity contribution is 5.84. The number of benzene rings is 2. The Balaban J connectivity index is 1.72. The zero-order valence-electron chi connectivity index (χ0n) is 13.2. The number of rotatable bonds is 5. The number of primary amides is 1. The van der Waals surface area contributed by atoms with Gasteiger partial charge in [-0.3, -0.25) is 4.79 Å². The Morgan fingerprint density at radius 2 is 1.61 bits per heavy atom. The molecule has 3 N–H and O–H groups in total. The summed E-state index contributed by atoms with van der Waals surface area (Å²) in [5.74, 6) is -0.378. The summed E-state index contributed by atoms with van der Waals surface area (Å²) >= 11 is 0. The van der Waals surface area contributed by atoms with Gasteiger partial charge in [0.2, 0.25) is 5.91 Å². The molecule has 2 aromatic rings. The molecule has 1 atom stereocenters. The molecule has 0 aromatic heterocycles. The Morgan fingerprint density at radius 3 is 2.22 bits per heavy atom. The number of nitrogens with one attached hydrogen (secondary N) is 1. The molecule has 4 nitrogen and oxygen atoms in total. The lowest BCUT2D eigenvalue weighted by Crippen LogP contribution is -2.29. The summed E-state index contributed by atoms with van der Waals surface area (Å²) in [7, 11) is 0. The number of nitrogens with two attached hydrogens (primary N) is 1. The number of hydrogen-bond acceptors (Lipinski definition) is 3. The van der Waals surface area contributed by atoms with Gasteiger partial charge in [-0.1, -0.05) is 30.3 Å². The highest BCUT2D eigenvalue weighted by atomic mass is 16.1. The molecule has 2 aromatic carbocycles. The zero-order valence-corrected chi connectivity index (χ0v) is 13.2. The highest BCUT2D eigenvalue weighted by Gasteiger charge is 2.17. The lowest BCUT2D eigenvalue weighted by atomic mass is 10.1. The number of carbonyl (C=O) groups excluding carboxylic acids is 1. The first-order chi connectivity index (χ1) is 11.2. The largest absolute Gasteiger partial charge is 0.372 e. The number of nitrogens with zero attached hydrogens (tertiary/aromatic N) is 1. The van der Waals surface area contributed by atoms with Crippen LogP contribution in [0.3, 0.4) is 0 Å². The van der Waals surface area contributed by atoms with Gasteiger partial charge in [0.1, 0.15) is 6.04 Å². The molecule has 0 bridgehead atoms. The summed E-state index contributed by atoms with van der Waals surface area (Å²) in [5, 5.41) is 3.23. The SMILES string of the molecule is NC(=O)[C@@H](Nc1ccc(N2CCCCC2)cc1)c1ccccc1. The van der Waals surface area contributed by atoms with Crippen LogP contribution in [0.2, 0.25) is 0 Å². The van der Waals surface area contributed by atoms with Gasteiger partial charge in [-0.05, 0) is 49.1 Å². The van der Waals surface area contributed by atoms with Crippen LogP contribution in [0.15, 0.2) is 54.6 Å². The topological polar surface area (TPSA) is 58.4 Å². The van der Waals surface area contributed by atoms with Gasteiger partial charge < -0.3 is 16.0 Å². The van der Waals surface area contributed by atoms with Gasteiger partial charge in [-0.15, -0.1) is 0 Å². The standard InChI is InChI=1S/C19H23N3O/c20-19(23)18(15-7-3-1-4-8-15)21-16-9-11-17(12-10-16)22-13-5-2-6-14-22/h1,3-4,7-12,18,21H,2,5-6,13-14H2,(H2,20,23)/t18-/m0/s1. The molecular weight excluding hydrogens is 286 g/mol. The summed E-state index contributed by atoms with van der Waals surface area (Å²) in [4.78, 5) is 14.2. The van der Waals surface area contributed by atoms with E-state index in [1.807, 2.05) is 42.5 Å². The van der Waals surface area contributed by atoms with Crippen molar-refractivity contribution in [2.45, 2.75) is 25.3 Å². The Kier molecular flexibility index (Phi) is 4.81. The van der Waals surface area contributed by atoms with Crippen molar-refractivity contribution in [2.75, 3.05) is 23.3 Å². The molecule has 1 fully saturated rings. The molecule has 1 aliphatic heterocycles. The summed E-state index contributed by atoms with van der Waals surface area (Å²) in [5.41, 5.74) is 8.57.